The molecule has 0 aromatic heterocycles. The van der Waals surface area contributed by atoms with Crippen molar-refractivity contribution in [2.75, 3.05) is 11.6 Å². The molecule has 1 aliphatic rings. The van der Waals surface area contributed by atoms with Crippen LogP contribution in [0, 0.1) is 13.8 Å². The first-order valence-electron chi connectivity index (χ1n) is 7.98. The number of anilines is 1. The molecule has 0 aliphatic carbocycles. The molecule has 0 bridgehead atoms. The highest BCUT2D eigenvalue weighted by molar-refractivity contribution is 6.15. The first-order valence-corrected chi connectivity index (χ1v) is 7.98. The average Bonchev–Trinajstić information content (AvgIpc) is 2.97. The quantitative estimate of drug-likeness (QED) is 0.932. The molecule has 0 fully saturated rings. The molecule has 3 rings (SSSR count). The second-order valence-electron chi connectivity index (χ2n) is 5.85. The van der Waals surface area contributed by atoms with Gasteiger partial charge in [-0.2, -0.15) is 10.1 Å². The van der Waals surface area contributed by atoms with Crippen LogP contribution in [0.3, 0.4) is 0 Å². The number of hydrazone groups is 1. The third-order valence-electron chi connectivity index (χ3n) is 3.91. The van der Waals surface area contributed by atoms with Crippen LogP contribution in [-0.2, 0) is 9.59 Å². The lowest BCUT2D eigenvalue weighted by Crippen LogP contribution is -2.33. The van der Waals surface area contributed by atoms with Gasteiger partial charge in [-0.1, -0.05) is 24.3 Å². The largest absolute Gasteiger partial charge is 0.484 e. The number of hydrogen-bond donors (Lipinski definition) is 1. The Labute approximate surface area is 146 Å². The highest BCUT2D eigenvalue weighted by atomic mass is 16.5. The monoisotopic (exact) mass is 337 g/mol. The summed E-state index contributed by atoms with van der Waals surface area (Å²) in [4.78, 5) is 24.1. The fourth-order valence-electron chi connectivity index (χ4n) is 2.42. The number of carbonyl (C=O) groups is 2. The number of ether oxygens (including phenoxy) is 1. The third kappa shape index (κ3) is 4.03. The highest BCUT2D eigenvalue weighted by Gasteiger charge is 2.26. The average molecular weight is 337 g/mol. The number of amidine groups is 1. The Balaban J connectivity index is 1.57. The van der Waals surface area contributed by atoms with Gasteiger partial charge in [0.25, 0.3) is 11.8 Å². The molecule has 1 heterocycles. The molecule has 1 N–H and O–H groups in total. The molecule has 0 unspecified atom stereocenters. The maximum atomic E-state index is 12.0. The van der Waals surface area contributed by atoms with Crippen molar-refractivity contribution in [3.63, 3.8) is 0 Å². The minimum absolute atomic E-state index is 0.0598. The van der Waals surface area contributed by atoms with Gasteiger partial charge >= 0.3 is 0 Å². The molecule has 0 saturated heterocycles. The van der Waals surface area contributed by atoms with Crippen molar-refractivity contribution in [2.24, 2.45) is 5.10 Å². The maximum Gasteiger partial charge on any atom is 0.263 e. The zero-order valence-electron chi connectivity index (χ0n) is 14.2. The zero-order chi connectivity index (χ0) is 17.8. The number of nitrogens with zero attached hydrogens (tertiary/aromatic N) is 2. The second kappa shape index (κ2) is 7.17. The van der Waals surface area contributed by atoms with Crippen molar-refractivity contribution in [3.8, 4) is 5.75 Å². The summed E-state index contributed by atoms with van der Waals surface area (Å²) < 4.78 is 5.49. The van der Waals surface area contributed by atoms with E-state index < -0.39 is 0 Å². The van der Waals surface area contributed by atoms with Crippen LogP contribution < -0.4 is 15.1 Å². The SMILES string of the molecule is Cc1ccc(OCC(=O)NC2=NN(c3ccccc3)C(=O)C2)cc1C. The number of rotatable bonds is 4. The molecule has 6 nitrogen and oxygen atoms in total. The van der Waals surface area contributed by atoms with Gasteiger partial charge in [0.2, 0.25) is 0 Å². The third-order valence-corrected chi connectivity index (χ3v) is 3.91. The van der Waals surface area contributed by atoms with E-state index in [1.54, 1.807) is 12.1 Å². The van der Waals surface area contributed by atoms with Crippen molar-refractivity contribution in [3.05, 3.63) is 59.7 Å². The molecular formula is C19H19N3O3. The Morgan fingerprint density at radius 1 is 1.16 bits per heavy atom. The van der Waals surface area contributed by atoms with Gasteiger partial charge < -0.3 is 10.1 Å². The molecule has 0 radical (unpaired) electrons. The maximum absolute atomic E-state index is 12.0. The predicted molar refractivity (Wildman–Crippen MR) is 95.5 cm³/mol. The Bertz CT molecular complexity index is 831. The van der Waals surface area contributed by atoms with Crippen LogP contribution in [0.5, 0.6) is 5.75 Å². The van der Waals surface area contributed by atoms with E-state index in [0.717, 1.165) is 11.1 Å². The number of hydrogen-bond acceptors (Lipinski definition) is 4. The van der Waals surface area contributed by atoms with Gasteiger partial charge in [-0.3, -0.25) is 9.59 Å². The zero-order valence-corrected chi connectivity index (χ0v) is 14.2. The summed E-state index contributed by atoms with van der Waals surface area (Å²) in [5, 5.41) is 8.09. The topological polar surface area (TPSA) is 71.0 Å². The highest BCUT2D eigenvalue weighted by Crippen LogP contribution is 2.19. The van der Waals surface area contributed by atoms with Crippen LogP contribution in [0.1, 0.15) is 17.5 Å². The van der Waals surface area contributed by atoms with Crippen molar-refractivity contribution in [1.29, 1.82) is 0 Å². The number of benzene rings is 2. The summed E-state index contributed by atoms with van der Waals surface area (Å²) in [5.74, 6) is 0.424. The van der Waals surface area contributed by atoms with Gasteiger partial charge in [-0.25, -0.2) is 0 Å². The number of nitrogens with one attached hydrogen (secondary N) is 1. The van der Waals surface area contributed by atoms with E-state index in [1.165, 1.54) is 5.01 Å². The van der Waals surface area contributed by atoms with Gasteiger partial charge in [-0.05, 0) is 49.2 Å². The Morgan fingerprint density at radius 2 is 1.92 bits per heavy atom. The number of carbonyl (C=O) groups excluding carboxylic acids is 2. The fourth-order valence-corrected chi connectivity index (χ4v) is 2.42. The predicted octanol–water partition coefficient (Wildman–Crippen LogP) is 2.55. The molecular weight excluding hydrogens is 318 g/mol. The second-order valence-corrected chi connectivity index (χ2v) is 5.85. The minimum Gasteiger partial charge on any atom is -0.484 e. The van der Waals surface area contributed by atoms with Crippen LogP contribution >= 0.6 is 0 Å². The van der Waals surface area contributed by atoms with Gasteiger partial charge in [-0.15, -0.1) is 0 Å². The Kier molecular flexibility index (Phi) is 4.79. The number of para-hydroxylation sites is 1. The van der Waals surface area contributed by atoms with Gasteiger partial charge in [0, 0.05) is 0 Å². The molecule has 6 heteroatoms. The minimum atomic E-state index is -0.348. The summed E-state index contributed by atoms with van der Waals surface area (Å²) in [5.41, 5.74) is 2.93. The van der Waals surface area contributed by atoms with E-state index in [0.29, 0.717) is 17.3 Å². The summed E-state index contributed by atoms with van der Waals surface area (Å²) in [7, 11) is 0. The molecule has 2 aromatic carbocycles. The van der Waals surface area contributed by atoms with Crippen LogP contribution in [0.4, 0.5) is 5.69 Å². The van der Waals surface area contributed by atoms with Crippen LogP contribution in [0.15, 0.2) is 53.6 Å². The van der Waals surface area contributed by atoms with E-state index in [2.05, 4.69) is 10.4 Å². The fraction of sp³-hybridized carbons (Fsp3) is 0.211. The van der Waals surface area contributed by atoms with Crippen LogP contribution in [0.2, 0.25) is 0 Å². The molecule has 128 valence electrons. The molecule has 25 heavy (non-hydrogen) atoms. The van der Waals surface area contributed by atoms with Gasteiger partial charge in [0.15, 0.2) is 6.61 Å². The summed E-state index contributed by atoms with van der Waals surface area (Å²) in [6.07, 6.45) is 0.0598. The van der Waals surface area contributed by atoms with E-state index in [-0.39, 0.29) is 24.8 Å². The lowest BCUT2D eigenvalue weighted by Gasteiger charge is -2.10. The molecule has 0 saturated carbocycles. The normalized spacial score (nSPS) is 13.6. The first-order chi connectivity index (χ1) is 12.0. The van der Waals surface area contributed by atoms with Crippen molar-refractivity contribution >= 4 is 23.3 Å². The number of amides is 2. The Morgan fingerprint density at radius 3 is 2.64 bits per heavy atom. The van der Waals surface area contributed by atoms with E-state index in [1.807, 2.05) is 50.2 Å². The van der Waals surface area contributed by atoms with E-state index in [4.69, 9.17) is 4.74 Å². The van der Waals surface area contributed by atoms with E-state index in [9.17, 15) is 9.59 Å². The summed E-state index contributed by atoms with van der Waals surface area (Å²) in [6.45, 7) is 3.86. The standard InChI is InChI=1S/C19H19N3O3/c1-13-8-9-16(10-14(13)2)25-12-18(23)20-17-11-19(24)22(21-17)15-6-4-3-5-7-15/h3-10H,11-12H2,1-2H3,(H,20,21,23). The van der Waals surface area contributed by atoms with Crippen LogP contribution in [0.25, 0.3) is 0 Å². The van der Waals surface area contributed by atoms with Crippen LogP contribution in [-0.4, -0.2) is 24.3 Å². The number of aryl methyl sites for hydroxylation is 2. The smallest absolute Gasteiger partial charge is 0.263 e. The molecule has 0 atom stereocenters. The molecule has 0 spiro atoms. The molecule has 1 aliphatic heterocycles. The van der Waals surface area contributed by atoms with E-state index >= 15 is 0 Å². The van der Waals surface area contributed by atoms with Crippen molar-refractivity contribution < 1.29 is 14.3 Å². The van der Waals surface area contributed by atoms with Crippen molar-refractivity contribution in [1.82, 2.24) is 5.32 Å². The van der Waals surface area contributed by atoms with Gasteiger partial charge in [0.05, 0.1) is 12.1 Å². The van der Waals surface area contributed by atoms with Crippen molar-refractivity contribution in [2.45, 2.75) is 20.3 Å². The first kappa shape index (κ1) is 16.7. The summed E-state index contributed by atoms with van der Waals surface area (Å²) >= 11 is 0. The molecule has 2 aromatic rings. The summed E-state index contributed by atoms with van der Waals surface area (Å²) in [6, 6.07) is 14.7. The molecule has 2 amide bonds. The van der Waals surface area contributed by atoms with Gasteiger partial charge in [0.1, 0.15) is 11.6 Å². The Hall–Kier alpha value is -3.15. The lowest BCUT2D eigenvalue weighted by atomic mass is 10.1. The lowest BCUT2D eigenvalue weighted by molar-refractivity contribution is -0.121.